The minimum atomic E-state index is -0.745. The van der Waals surface area contributed by atoms with Crippen molar-refractivity contribution in [2.45, 2.75) is 0 Å². The molecule has 0 bridgehead atoms. The molecule has 11 heteroatoms. The predicted molar refractivity (Wildman–Crippen MR) is 121 cm³/mol. The third-order valence-electron chi connectivity index (χ3n) is 4.58. The fraction of sp³-hybridized carbons (Fsp3) is 0.0435. The van der Waals surface area contributed by atoms with Crippen molar-refractivity contribution in [3.8, 4) is 22.8 Å². The van der Waals surface area contributed by atoms with E-state index in [1.54, 1.807) is 6.07 Å². The van der Waals surface area contributed by atoms with Crippen LogP contribution in [0.5, 0.6) is 5.75 Å². The van der Waals surface area contributed by atoms with Crippen molar-refractivity contribution in [1.29, 1.82) is 0 Å². The third-order valence-corrected chi connectivity index (χ3v) is 4.58. The Morgan fingerprint density at radius 2 is 1.56 bits per heavy atom. The van der Waals surface area contributed by atoms with Crippen molar-refractivity contribution >= 4 is 17.5 Å². The summed E-state index contributed by atoms with van der Waals surface area (Å²) in [6, 6.07) is 24.1. The van der Waals surface area contributed by atoms with Crippen LogP contribution < -0.4 is 15.6 Å². The second kappa shape index (κ2) is 10.0. The Kier molecular flexibility index (Phi) is 6.54. The summed E-state index contributed by atoms with van der Waals surface area (Å²) in [6.07, 6.45) is 0. The smallest absolute Gasteiger partial charge is 0.310 e. The maximum atomic E-state index is 12.6. The monoisotopic (exact) mass is 458 g/mol. The first-order chi connectivity index (χ1) is 16.5. The summed E-state index contributed by atoms with van der Waals surface area (Å²) >= 11 is 0. The zero-order valence-corrected chi connectivity index (χ0v) is 17.6. The molecule has 4 rings (SSSR count). The molecule has 4 aromatic rings. The normalized spacial score (nSPS) is 10.4. The van der Waals surface area contributed by atoms with Gasteiger partial charge in [-0.1, -0.05) is 60.7 Å². The zero-order valence-electron chi connectivity index (χ0n) is 17.6. The van der Waals surface area contributed by atoms with E-state index in [-0.39, 0.29) is 17.3 Å². The SMILES string of the molecule is O=C(COc1ccccc1[N+](=O)[O-])NNC(=O)c1nc(-c2ccccc2)n(-c2ccccc2)n1. The number of rotatable bonds is 7. The maximum absolute atomic E-state index is 12.6. The van der Waals surface area contributed by atoms with Crippen molar-refractivity contribution in [3.05, 3.63) is 101 Å². The number of aromatic nitrogens is 3. The number of hydrogen-bond donors (Lipinski definition) is 2. The Balaban J connectivity index is 1.45. The van der Waals surface area contributed by atoms with Gasteiger partial charge in [0.05, 0.1) is 10.6 Å². The van der Waals surface area contributed by atoms with Crippen LogP contribution in [-0.4, -0.2) is 38.1 Å². The van der Waals surface area contributed by atoms with E-state index in [0.717, 1.165) is 5.56 Å². The van der Waals surface area contributed by atoms with Crippen molar-refractivity contribution in [3.63, 3.8) is 0 Å². The highest BCUT2D eigenvalue weighted by Gasteiger charge is 2.20. The Hall–Kier alpha value is -5.06. The van der Waals surface area contributed by atoms with E-state index in [9.17, 15) is 19.7 Å². The first kappa shape index (κ1) is 22.1. The maximum Gasteiger partial charge on any atom is 0.310 e. The molecule has 0 aliphatic carbocycles. The average Bonchev–Trinajstić information content (AvgIpc) is 3.33. The van der Waals surface area contributed by atoms with Gasteiger partial charge in [-0.15, -0.1) is 5.10 Å². The van der Waals surface area contributed by atoms with Crippen molar-refractivity contribution in [2.75, 3.05) is 6.61 Å². The Bertz CT molecular complexity index is 1270. The van der Waals surface area contributed by atoms with Crippen LogP contribution >= 0.6 is 0 Å². The first-order valence-corrected chi connectivity index (χ1v) is 10.1. The number of carbonyl (C=O) groups excluding carboxylic acids is 2. The number of nitro benzene ring substituents is 1. The number of nitro groups is 1. The highest BCUT2D eigenvalue weighted by atomic mass is 16.6. The van der Waals surface area contributed by atoms with Gasteiger partial charge in [0.25, 0.3) is 5.91 Å². The van der Waals surface area contributed by atoms with Gasteiger partial charge in [-0.05, 0) is 18.2 Å². The summed E-state index contributed by atoms with van der Waals surface area (Å²) in [5, 5.41) is 15.3. The van der Waals surface area contributed by atoms with Crippen LogP contribution in [0, 0.1) is 10.1 Å². The van der Waals surface area contributed by atoms with Crippen molar-refractivity contribution in [2.24, 2.45) is 0 Å². The van der Waals surface area contributed by atoms with E-state index in [0.29, 0.717) is 11.5 Å². The highest BCUT2D eigenvalue weighted by Crippen LogP contribution is 2.25. The molecule has 11 nitrogen and oxygen atoms in total. The summed E-state index contributed by atoms with van der Waals surface area (Å²) in [5.74, 6) is -1.25. The third kappa shape index (κ3) is 5.05. The average molecular weight is 458 g/mol. The number of nitrogens with zero attached hydrogens (tertiary/aromatic N) is 4. The lowest BCUT2D eigenvalue weighted by molar-refractivity contribution is -0.385. The number of amides is 2. The minimum absolute atomic E-state index is 0.0650. The molecule has 1 heterocycles. The number of benzene rings is 3. The van der Waals surface area contributed by atoms with Gasteiger partial charge in [0.15, 0.2) is 18.2 Å². The molecule has 170 valence electrons. The standard InChI is InChI=1S/C23H18N6O5/c30-20(15-34-19-14-8-7-13-18(19)29(32)33)25-26-23(31)21-24-22(16-9-3-1-4-10-16)28(27-21)17-11-5-2-6-12-17/h1-14H,15H2,(H,25,30)(H,26,31). The summed E-state index contributed by atoms with van der Waals surface area (Å²) in [4.78, 5) is 39.4. The van der Waals surface area contributed by atoms with E-state index < -0.39 is 23.3 Å². The van der Waals surface area contributed by atoms with Crippen LogP contribution in [0.4, 0.5) is 5.69 Å². The number of nitrogens with one attached hydrogen (secondary N) is 2. The van der Waals surface area contributed by atoms with Gasteiger partial charge in [-0.3, -0.25) is 30.6 Å². The number of ether oxygens (including phenoxy) is 1. The number of hydrogen-bond acceptors (Lipinski definition) is 7. The molecule has 0 aliphatic rings. The Morgan fingerprint density at radius 3 is 2.26 bits per heavy atom. The van der Waals surface area contributed by atoms with Crippen molar-refractivity contribution < 1.29 is 19.2 Å². The van der Waals surface area contributed by atoms with Gasteiger partial charge in [0.2, 0.25) is 5.82 Å². The first-order valence-electron chi connectivity index (χ1n) is 10.1. The number of para-hydroxylation sites is 3. The molecule has 0 saturated heterocycles. The quantitative estimate of drug-likeness (QED) is 0.320. The molecule has 0 fully saturated rings. The van der Waals surface area contributed by atoms with E-state index in [1.807, 2.05) is 60.7 Å². The lowest BCUT2D eigenvalue weighted by atomic mass is 10.2. The molecule has 0 radical (unpaired) electrons. The second-order valence-electron chi connectivity index (χ2n) is 6.89. The molecule has 0 unspecified atom stereocenters. The van der Waals surface area contributed by atoms with Crippen molar-refractivity contribution in [1.82, 2.24) is 25.6 Å². The molecule has 0 spiro atoms. The van der Waals surface area contributed by atoms with Gasteiger partial charge >= 0.3 is 11.6 Å². The van der Waals surface area contributed by atoms with Gasteiger partial charge in [-0.2, -0.15) is 0 Å². The molecule has 34 heavy (non-hydrogen) atoms. The molecule has 1 aromatic heterocycles. The fourth-order valence-electron chi connectivity index (χ4n) is 3.02. The number of hydrazine groups is 1. The molecular weight excluding hydrogens is 440 g/mol. The highest BCUT2D eigenvalue weighted by molar-refractivity contribution is 5.92. The van der Waals surface area contributed by atoms with Crippen LogP contribution in [-0.2, 0) is 4.79 Å². The lowest BCUT2D eigenvalue weighted by Gasteiger charge is -2.08. The zero-order chi connectivity index (χ0) is 23.9. The molecule has 0 aliphatic heterocycles. The van der Waals surface area contributed by atoms with E-state index in [4.69, 9.17) is 4.74 Å². The fourth-order valence-corrected chi connectivity index (χ4v) is 3.02. The van der Waals surface area contributed by atoms with Crippen LogP contribution in [0.15, 0.2) is 84.9 Å². The Labute approximate surface area is 193 Å². The van der Waals surface area contributed by atoms with Crippen LogP contribution in [0.2, 0.25) is 0 Å². The largest absolute Gasteiger partial charge is 0.477 e. The summed E-state index contributed by atoms with van der Waals surface area (Å²) in [7, 11) is 0. The van der Waals surface area contributed by atoms with Crippen LogP contribution in [0.3, 0.4) is 0 Å². The predicted octanol–water partition coefficient (Wildman–Crippen LogP) is 2.68. The summed E-state index contributed by atoms with van der Waals surface area (Å²) < 4.78 is 6.73. The molecule has 0 saturated carbocycles. The molecule has 0 atom stereocenters. The minimum Gasteiger partial charge on any atom is -0.477 e. The van der Waals surface area contributed by atoms with E-state index in [1.165, 1.54) is 22.9 Å². The molecule has 3 aromatic carbocycles. The summed E-state index contributed by atoms with van der Waals surface area (Å²) in [6.45, 7) is -0.549. The lowest BCUT2D eigenvalue weighted by Crippen LogP contribution is -2.44. The van der Waals surface area contributed by atoms with Gasteiger partial charge in [0.1, 0.15) is 0 Å². The second-order valence-corrected chi connectivity index (χ2v) is 6.89. The van der Waals surface area contributed by atoms with Crippen LogP contribution in [0.25, 0.3) is 17.1 Å². The Morgan fingerprint density at radius 1 is 0.912 bits per heavy atom. The van der Waals surface area contributed by atoms with E-state index >= 15 is 0 Å². The topological polar surface area (TPSA) is 141 Å². The van der Waals surface area contributed by atoms with Crippen LogP contribution in [0.1, 0.15) is 10.6 Å². The number of carbonyl (C=O) groups is 2. The van der Waals surface area contributed by atoms with Gasteiger partial charge in [0, 0.05) is 11.6 Å². The molecule has 2 N–H and O–H groups in total. The molecular formula is C23H18N6O5. The van der Waals surface area contributed by atoms with E-state index in [2.05, 4.69) is 20.9 Å². The summed E-state index contributed by atoms with van der Waals surface area (Å²) in [5.41, 5.74) is 5.59. The van der Waals surface area contributed by atoms with Gasteiger partial charge in [-0.25, -0.2) is 9.67 Å². The molecule has 2 amide bonds. The van der Waals surface area contributed by atoms with Gasteiger partial charge < -0.3 is 4.74 Å².